The second-order valence-electron chi connectivity index (χ2n) is 7.97. The van der Waals surface area contributed by atoms with E-state index in [1.165, 1.54) is 0 Å². The lowest BCUT2D eigenvalue weighted by Crippen LogP contribution is -2.31. The number of aryl methyl sites for hydroxylation is 1. The molecule has 1 unspecified atom stereocenters. The first kappa shape index (κ1) is 23.4. The van der Waals surface area contributed by atoms with Crippen molar-refractivity contribution in [1.82, 2.24) is 14.8 Å². The van der Waals surface area contributed by atoms with E-state index in [9.17, 15) is 9.90 Å². The van der Waals surface area contributed by atoms with E-state index in [2.05, 4.69) is 38.5 Å². The molecule has 33 heavy (non-hydrogen) atoms. The molecule has 0 saturated heterocycles. The molecule has 2 heterocycles. The van der Waals surface area contributed by atoms with Gasteiger partial charge in [0.05, 0.1) is 10.0 Å². The Morgan fingerprint density at radius 1 is 1.27 bits per heavy atom. The molecule has 9 heteroatoms. The van der Waals surface area contributed by atoms with E-state index >= 15 is 0 Å². The van der Waals surface area contributed by atoms with Crippen LogP contribution in [0.5, 0.6) is 5.75 Å². The topological polar surface area (TPSA) is 92.1 Å². The summed E-state index contributed by atoms with van der Waals surface area (Å²) in [5, 5.41) is 21.7. The number of carbonyl (C=O) groups is 1. The fraction of sp³-hybridized carbons (Fsp3) is 0.292. The number of carbonyl (C=O) groups excluding carboxylic acids is 1. The van der Waals surface area contributed by atoms with Gasteiger partial charge in [0.2, 0.25) is 11.1 Å². The second kappa shape index (κ2) is 10.0. The van der Waals surface area contributed by atoms with E-state index in [1.54, 1.807) is 28.6 Å². The summed E-state index contributed by atoms with van der Waals surface area (Å²) < 4.78 is 2.31. The summed E-state index contributed by atoms with van der Waals surface area (Å²) in [6.07, 6.45) is 2.19. The van der Waals surface area contributed by atoms with Crippen LogP contribution in [0.15, 0.2) is 63.4 Å². The van der Waals surface area contributed by atoms with Gasteiger partial charge in [-0.05, 0) is 71.6 Å². The Kier molecular flexibility index (Phi) is 7.09. The highest BCUT2D eigenvalue weighted by Crippen LogP contribution is 2.39. The molecule has 1 aromatic heterocycles. The van der Waals surface area contributed by atoms with Crippen molar-refractivity contribution in [3.63, 3.8) is 0 Å². The van der Waals surface area contributed by atoms with Gasteiger partial charge in [-0.2, -0.15) is 4.98 Å². The van der Waals surface area contributed by atoms with Gasteiger partial charge in [0.15, 0.2) is 0 Å². The average Bonchev–Trinajstić information content (AvgIpc) is 3.17. The van der Waals surface area contributed by atoms with E-state index in [0.29, 0.717) is 26.8 Å². The largest absolute Gasteiger partial charge is 0.507 e. The summed E-state index contributed by atoms with van der Waals surface area (Å²) >= 11 is 5.01. The van der Waals surface area contributed by atoms with Crippen molar-refractivity contribution < 1.29 is 9.90 Å². The quantitative estimate of drug-likeness (QED) is 0.262. The lowest BCUT2D eigenvalue weighted by atomic mass is 9.95. The molecule has 172 valence electrons. The van der Waals surface area contributed by atoms with Crippen molar-refractivity contribution in [2.45, 2.75) is 44.8 Å². The van der Waals surface area contributed by atoms with Crippen molar-refractivity contribution >= 4 is 45.2 Å². The third-order valence-corrected chi connectivity index (χ3v) is 6.93. The fourth-order valence-corrected chi connectivity index (χ4v) is 5.03. The van der Waals surface area contributed by atoms with E-state index in [0.717, 1.165) is 35.4 Å². The molecule has 1 aliphatic rings. The molecule has 1 amide bonds. The smallest absolute Gasteiger partial charge is 0.255 e. The van der Waals surface area contributed by atoms with Crippen molar-refractivity contribution in [3.8, 4) is 5.75 Å². The first-order valence-electron chi connectivity index (χ1n) is 10.8. The molecule has 0 saturated carbocycles. The number of rotatable bonds is 7. The average molecular weight is 528 g/mol. The molecule has 0 radical (unpaired) electrons. The van der Waals surface area contributed by atoms with Gasteiger partial charge in [-0.25, -0.2) is 4.68 Å². The molecular formula is C24H26BrN5O2S. The number of hydrogen-bond donors (Lipinski definition) is 3. The standard InChI is InChI=1S/C24H26BrN5O2S/c1-4-5-11-33-24-28-23-26-15(3)20(22(32)27-17-8-6-7-14(2)12-17)21(30(23)29-24)16-9-10-19(31)18(25)13-16/h6-10,12-13,21,31H,4-5,11H2,1-3H3,(H,27,32)(H,26,28,29). The number of nitrogens with one attached hydrogen (secondary N) is 2. The van der Waals surface area contributed by atoms with Crippen molar-refractivity contribution in [2.75, 3.05) is 16.4 Å². The van der Waals surface area contributed by atoms with Gasteiger partial charge < -0.3 is 15.7 Å². The van der Waals surface area contributed by atoms with Gasteiger partial charge in [-0.1, -0.05) is 43.3 Å². The molecule has 1 atom stereocenters. The minimum Gasteiger partial charge on any atom is -0.507 e. The molecule has 2 aromatic carbocycles. The number of fused-ring (bicyclic) bond motifs is 1. The maximum atomic E-state index is 13.5. The van der Waals surface area contributed by atoms with Crippen LogP contribution in [0.1, 0.15) is 43.9 Å². The van der Waals surface area contributed by atoms with Crippen LogP contribution >= 0.6 is 27.7 Å². The van der Waals surface area contributed by atoms with E-state index < -0.39 is 6.04 Å². The fourth-order valence-electron chi connectivity index (χ4n) is 3.72. The Labute approximate surface area is 205 Å². The third kappa shape index (κ3) is 5.09. The number of phenolic OH excluding ortho intramolecular Hbond substituents is 1. The molecule has 3 aromatic rings. The van der Waals surface area contributed by atoms with Crippen LogP contribution in [0.4, 0.5) is 11.6 Å². The van der Waals surface area contributed by atoms with Crippen LogP contribution < -0.4 is 10.6 Å². The summed E-state index contributed by atoms with van der Waals surface area (Å²) in [5.41, 5.74) is 3.85. The first-order chi connectivity index (χ1) is 15.9. The normalized spacial score (nSPS) is 15.2. The number of allylic oxidation sites excluding steroid dienone is 1. The molecule has 0 bridgehead atoms. The van der Waals surface area contributed by atoms with Crippen LogP contribution in [0.2, 0.25) is 0 Å². The molecule has 0 fully saturated rings. The number of phenols is 1. The van der Waals surface area contributed by atoms with Crippen molar-refractivity contribution in [2.24, 2.45) is 0 Å². The minimum absolute atomic E-state index is 0.133. The van der Waals surface area contributed by atoms with E-state index in [-0.39, 0.29) is 11.7 Å². The summed E-state index contributed by atoms with van der Waals surface area (Å²) in [6, 6.07) is 12.4. The number of unbranched alkanes of at least 4 members (excludes halogenated alkanes) is 1. The highest BCUT2D eigenvalue weighted by atomic mass is 79.9. The summed E-state index contributed by atoms with van der Waals surface area (Å²) in [6.45, 7) is 6.01. The van der Waals surface area contributed by atoms with Crippen LogP contribution in [-0.2, 0) is 4.79 Å². The first-order valence-corrected chi connectivity index (χ1v) is 12.6. The number of aromatic hydroxyl groups is 1. The molecule has 0 spiro atoms. The Morgan fingerprint density at radius 2 is 2.09 bits per heavy atom. The van der Waals surface area contributed by atoms with Crippen LogP contribution in [0.25, 0.3) is 0 Å². The van der Waals surface area contributed by atoms with E-state index in [4.69, 9.17) is 5.10 Å². The number of nitrogens with zero attached hydrogens (tertiary/aromatic N) is 3. The third-order valence-electron chi connectivity index (χ3n) is 5.37. The van der Waals surface area contributed by atoms with Crippen molar-refractivity contribution in [3.05, 3.63) is 69.3 Å². The minimum atomic E-state index is -0.504. The van der Waals surface area contributed by atoms with E-state index in [1.807, 2.05) is 44.2 Å². The summed E-state index contributed by atoms with van der Waals surface area (Å²) in [4.78, 5) is 18.2. The lowest BCUT2D eigenvalue weighted by Gasteiger charge is -2.29. The maximum absolute atomic E-state index is 13.5. The monoisotopic (exact) mass is 527 g/mol. The maximum Gasteiger partial charge on any atom is 0.255 e. The highest BCUT2D eigenvalue weighted by molar-refractivity contribution is 9.10. The number of benzene rings is 2. The van der Waals surface area contributed by atoms with Gasteiger partial charge in [-0.3, -0.25) is 4.79 Å². The zero-order chi connectivity index (χ0) is 23.5. The van der Waals surface area contributed by atoms with Gasteiger partial charge in [0.25, 0.3) is 5.91 Å². The Bertz CT molecular complexity index is 1220. The molecule has 0 aliphatic carbocycles. The van der Waals surface area contributed by atoms with Gasteiger partial charge >= 0.3 is 0 Å². The highest BCUT2D eigenvalue weighted by Gasteiger charge is 2.34. The predicted molar refractivity (Wildman–Crippen MR) is 136 cm³/mol. The Balaban J connectivity index is 1.75. The lowest BCUT2D eigenvalue weighted by molar-refractivity contribution is -0.113. The Hall–Kier alpha value is -2.78. The number of hydrogen-bond acceptors (Lipinski definition) is 6. The molecular weight excluding hydrogens is 502 g/mol. The van der Waals surface area contributed by atoms with Crippen LogP contribution in [0.3, 0.4) is 0 Å². The zero-order valence-corrected chi connectivity index (χ0v) is 21.1. The summed E-state index contributed by atoms with van der Waals surface area (Å²) in [5.74, 6) is 1.44. The number of thioether (sulfide) groups is 1. The molecule has 4 rings (SSSR count). The number of anilines is 2. The predicted octanol–water partition coefficient (Wildman–Crippen LogP) is 5.87. The molecule has 1 aliphatic heterocycles. The molecule has 7 nitrogen and oxygen atoms in total. The van der Waals surface area contributed by atoms with Crippen molar-refractivity contribution in [1.29, 1.82) is 0 Å². The summed E-state index contributed by atoms with van der Waals surface area (Å²) in [7, 11) is 0. The number of halogens is 1. The van der Waals surface area contributed by atoms with Crippen LogP contribution in [-0.4, -0.2) is 31.5 Å². The Morgan fingerprint density at radius 3 is 2.82 bits per heavy atom. The number of aromatic nitrogens is 3. The SMILES string of the molecule is CCCCSc1nc2n(n1)C(c1ccc(O)c(Br)c1)C(C(=O)Nc1cccc(C)c1)=C(C)N2. The van der Waals surface area contributed by atoms with Gasteiger partial charge in [0.1, 0.15) is 11.8 Å². The van der Waals surface area contributed by atoms with Gasteiger partial charge in [-0.15, -0.1) is 5.10 Å². The zero-order valence-electron chi connectivity index (χ0n) is 18.7. The number of amides is 1. The molecule has 3 N–H and O–H groups in total. The second-order valence-corrected chi connectivity index (χ2v) is 9.88. The van der Waals surface area contributed by atoms with Crippen LogP contribution in [0, 0.1) is 6.92 Å². The van der Waals surface area contributed by atoms with Gasteiger partial charge in [0, 0.05) is 17.1 Å².